The Labute approximate surface area is 143 Å². The highest BCUT2D eigenvalue weighted by atomic mass is 35.5. The van der Waals surface area contributed by atoms with Gasteiger partial charge in [0.15, 0.2) is 11.5 Å². The molecule has 1 fully saturated rings. The molecule has 2 N–H and O–H groups in total. The first kappa shape index (κ1) is 17.3. The molecule has 8 heteroatoms. The van der Waals surface area contributed by atoms with Gasteiger partial charge in [0.25, 0.3) is 5.91 Å². The van der Waals surface area contributed by atoms with E-state index < -0.39 is 0 Å². The number of rotatable bonds is 4. The molecule has 0 aliphatic carbocycles. The smallest absolute Gasteiger partial charge is 0.273 e. The van der Waals surface area contributed by atoms with Gasteiger partial charge in [0.1, 0.15) is 0 Å². The molecule has 1 atom stereocenters. The van der Waals surface area contributed by atoms with Crippen molar-refractivity contribution in [1.82, 2.24) is 15.8 Å². The Balaban J connectivity index is 0.00000176. The van der Waals surface area contributed by atoms with Gasteiger partial charge in [-0.1, -0.05) is 16.8 Å². The molecule has 1 aliphatic rings. The lowest BCUT2D eigenvalue weighted by Gasteiger charge is -2.22. The molecule has 3 heterocycles. The number of aromatic nitrogens is 1. The highest BCUT2D eigenvalue weighted by Crippen LogP contribution is 2.31. The van der Waals surface area contributed by atoms with Gasteiger partial charge in [-0.05, 0) is 44.0 Å². The van der Waals surface area contributed by atoms with Crippen molar-refractivity contribution in [2.45, 2.75) is 12.8 Å². The van der Waals surface area contributed by atoms with Crippen molar-refractivity contribution < 1.29 is 9.32 Å². The van der Waals surface area contributed by atoms with Crippen LogP contribution in [0.25, 0.3) is 10.6 Å². The van der Waals surface area contributed by atoms with Crippen molar-refractivity contribution in [3.8, 4) is 10.6 Å². The van der Waals surface area contributed by atoms with Gasteiger partial charge in [-0.25, -0.2) is 0 Å². The van der Waals surface area contributed by atoms with Crippen LogP contribution < -0.4 is 10.6 Å². The summed E-state index contributed by atoms with van der Waals surface area (Å²) in [4.78, 5) is 12.9. The lowest BCUT2D eigenvalue weighted by Crippen LogP contribution is -2.38. The van der Waals surface area contributed by atoms with Gasteiger partial charge in [0.2, 0.25) is 0 Å². The summed E-state index contributed by atoms with van der Waals surface area (Å²) >= 11 is 7.28. The number of amides is 1. The quantitative estimate of drug-likeness (QED) is 0.877. The number of nitrogens with one attached hydrogen (secondary N) is 2. The molecule has 2 aromatic rings. The zero-order valence-corrected chi connectivity index (χ0v) is 14.2. The molecular formula is C14H17Cl2N3O2S. The first-order valence-corrected chi connectivity index (χ1v) is 8.13. The minimum absolute atomic E-state index is 0. The predicted molar refractivity (Wildman–Crippen MR) is 90.0 cm³/mol. The van der Waals surface area contributed by atoms with E-state index in [0.717, 1.165) is 30.8 Å². The van der Waals surface area contributed by atoms with Crippen molar-refractivity contribution >= 4 is 41.3 Å². The summed E-state index contributed by atoms with van der Waals surface area (Å²) in [7, 11) is 0. The highest BCUT2D eigenvalue weighted by Gasteiger charge is 2.17. The molecule has 0 saturated carbocycles. The molecule has 0 spiro atoms. The van der Waals surface area contributed by atoms with Crippen LogP contribution in [0.4, 0.5) is 0 Å². The SMILES string of the molecule is Cl.O=C(NCC1CCCNC1)c1cc(-c2ccc(Cl)s2)on1. The molecular weight excluding hydrogens is 345 g/mol. The molecule has 3 rings (SSSR count). The van der Waals surface area contributed by atoms with Crippen LogP contribution in [-0.4, -0.2) is 30.7 Å². The summed E-state index contributed by atoms with van der Waals surface area (Å²) < 4.78 is 5.88. The number of carbonyl (C=O) groups excluding carboxylic acids is 1. The van der Waals surface area contributed by atoms with Crippen molar-refractivity contribution in [2.75, 3.05) is 19.6 Å². The van der Waals surface area contributed by atoms with Crippen LogP contribution in [0.15, 0.2) is 22.7 Å². The third-order valence-electron chi connectivity index (χ3n) is 3.51. The first-order chi connectivity index (χ1) is 10.2. The minimum atomic E-state index is -0.196. The summed E-state index contributed by atoms with van der Waals surface area (Å²) in [6.45, 7) is 2.69. The Morgan fingerprint density at radius 1 is 1.55 bits per heavy atom. The number of piperidine rings is 1. The van der Waals surface area contributed by atoms with Crippen LogP contribution in [0.3, 0.4) is 0 Å². The number of hydrogen-bond donors (Lipinski definition) is 2. The average molecular weight is 362 g/mol. The van der Waals surface area contributed by atoms with Crippen LogP contribution in [0.5, 0.6) is 0 Å². The molecule has 5 nitrogen and oxygen atoms in total. The lowest BCUT2D eigenvalue weighted by molar-refractivity contribution is 0.0936. The zero-order chi connectivity index (χ0) is 14.7. The lowest BCUT2D eigenvalue weighted by atomic mass is 10.00. The standard InChI is InChI=1S/C14H16ClN3O2S.ClH/c15-13-4-3-12(21-13)11-6-10(18-20-11)14(19)17-8-9-2-1-5-16-7-9;/h3-4,6,9,16H,1-2,5,7-8H2,(H,17,19);1H. The van der Waals surface area contributed by atoms with Crippen molar-refractivity contribution in [2.24, 2.45) is 5.92 Å². The van der Waals surface area contributed by atoms with E-state index in [1.165, 1.54) is 11.3 Å². The van der Waals surface area contributed by atoms with Crippen LogP contribution in [0, 0.1) is 5.92 Å². The van der Waals surface area contributed by atoms with E-state index in [2.05, 4.69) is 15.8 Å². The van der Waals surface area contributed by atoms with E-state index in [4.69, 9.17) is 16.1 Å². The zero-order valence-electron chi connectivity index (χ0n) is 11.8. The van der Waals surface area contributed by atoms with Gasteiger partial charge in [-0.15, -0.1) is 23.7 Å². The maximum absolute atomic E-state index is 12.1. The average Bonchev–Trinajstić information content (AvgIpc) is 3.14. The Hall–Kier alpha value is -1.08. The molecule has 22 heavy (non-hydrogen) atoms. The Morgan fingerprint density at radius 3 is 3.09 bits per heavy atom. The Kier molecular flexibility index (Phi) is 6.26. The second-order valence-electron chi connectivity index (χ2n) is 5.10. The molecule has 2 aromatic heterocycles. The number of carbonyl (C=O) groups is 1. The second kappa shape index (κ2) is 7.97. The van der Waals surface area contributed by atoms with Gasteiger partial charge in [0.05, 0.1) is 9.21 Å². The number of halogens is 2. The molecule has 1 unspecified atom stereocenters. The fourth-order valence-electron chi connectivity index (χ4n) is 2.37. The van der Waals surface area contributed by atoms with Gasteiger partial charge >= 0.3 is 0 Å². The number of hydrogen-bond acceptors (Lipinski definition) is 5. The first-order valence-electron chi connectivity index (χ1n) is 6.94. The maximum atomic E-state index is 12.1. The third kappa shape index (κ3) is 4.23. The van der Waals surface area contributed by atoms with Crippen LogP contribution in [-0.2, 0) is 0 Å². The van der Waals surface area contributed by atoms with Gasteiger partial charge in [-0.2, -0.15) is 0 Å². The van der Waals surface area contributed by atoms with Gasteiger partial charge < -0.3 is 15.2 Å². The van der Waals surface area contributed by atoms with Crippen molar-refractivity contribution in [3.05, 3.63) is 28.2 Å². The van der Waals surface area contributed by atoms with Gasteiger partial charge in [0, 0.05) is 12.6 Å². The van der Waals surface area contributed by atoms with Gasteiger partial charge in [-0.3, -0.25) is 4.79 Å². The van der Waals surface area contributed by atoms with E-state index in [0.29, 0.717) is 28.3 Å². The van der Waals surface area contributed by atoms with Crippen molar-refractivity contribution in [1.29, 1.82) is 0 Å². The molecule has 120 valence electrons. The molecule has 1 saturated heterocycles. The molecule has 0 aromatic carbocycles. The molecule has 0 bridgehead atoms. The molecule has 1 amide bonds. The topological polar surface area (TPSA) is 67.2 Å². The molecule has 1 aliphatic heterocycles. The summed E-state index contributed by atoms with van der Waals surface area (Å²) in [5.74, 6) is 0.861. The number of thiophene rings is 1. The van der Waals surface area contributed by atoms with Crippen LogP contribution in [0.2, 0.25) is 4.34 Å². The fraction of sp³-hybridized carbons (Fsp3) is 0.429. The highest BCUT2D eigenvalue weighted by molar-refractivity contribution is 7.19. The van der Waals surface area contributed by atoms with E-state index in [-0.39, 0.29) is 18.3 Å². The number of nitrogens with zero attached hydrogens (tertiary/aromatic N) is 1. The maximum Gasteiger partial charge on any atom is 0.273 e. The summed E-state index contributed by atoms with van der Waals surface area (Å²) in [6.07, 6.45) is 2.30. The van der Waals surface area contributed by atoms with Crippen LogP contribution >= 0.6 is 35.3 Å². The predicted octanol–water partition coefficient (Wildman–Crippen LogP) is 3.21. The Morgan fingerprint density at radius 2 is 2.41 bits per heavy atom. The second-order valence-corrected chi connectivity index (χ2v) is 6.82. The van der Waals surface area contributed by atoms with E-state index in [1.54, 1.807) is 12.1 Å². The van der Waals surface area contributed by atoms with E-state index >= 15 is 0 Å². The normalized spacial score (nSPS) is 17.8. The summed E-state index contributed by atoms with van der Waals surface area (Å²) in [5.41, 5.74) is 0.304. The molecule has 0 radical (unpaired) electrons. The minimum Gasteiger partial charge on any atom is -0.355 e. The monoisotopic (exact) mass is 361 g/mol. The van der Waals surface area contributed by atoms with Crippen molar-refractivity contribution in [3.63, 3.8) is 0 Å². The fourth-order valence-corrected chi connectivity index (χ4v) is 3.36. The summed E-state index contributed by atoms with van der Waals surface area (Å²) in [6, 6.07) is 5.29. The largest absolute Gasteiger partial charge is 0.355 e. The summed E-state index contributed by atoms with van der Waals surface area (Å²) in [5, 5.41) is 10.1. The van der Waals surface area contributed by atoms with E-state index in [9.17, 15) is 4.79 Å². The van der Waals surface area contributed by atoms with E-state index in [1.807, 2.05) is 6.07 Å². The van der Waals surface area contributed by atoms with Crippen LogP contribution in [0.1, 0.15) is 23.3 Å². The third-order valence-corrected chi connectivity index (χ3v) is 4.75. The Bertz CT molecular complexity index is 623.